The van der Waals surface area contributed by atoms with Crippen LogP contribution in [0, 0.1) is 17.8 Å². The Morgan fingerprint density at radius 1 is 0.620 bits per heavy atom. The minimum Gasteiger partial charge on any atom is -0.459 e. The first-order valence-corrected chi connectivity index (χ1v) is 38.2. The molecule has 0 spiro atoms. The first-order valence-electron chi connectivity index (χ1n) is 34.3. The summed E-state index contributed by atoms with van der Waals surface area (Å²) in [6, 6.07) is 42.6. The molecule has 4 aromatic carbocycles. The summed E-state index contributed by atoms with van der Waals surface area (Å²) in [5.74, 6) is -0.0301. The van der Waals surface area contributed by atoms with Crippen LogP contribution < -0.4 is 20.7 Å². The van der Waals surface area contributed by atoms with Crippen LogP contribution in [0.1, 0.15) is 146 Å². The number of fused-ring (bicyclic) bond motifs is 7. The van der Waals surface area contributed by atoms with Crippen LogP contribution in [0.4, 0.5) is 0 Å². The van der Waals surface area contributed by atoms with Gasteiger partial charge in [0.2, 0.25) is 0 Å². The number of carbonyl (C=O) groups is 3. The Balaban J connectivity index is 1.02. The van der Waals surface area contributed by atoms with Gasteiger partial charge >= 0.3 is 5.97 Å². The van der Waals surface area contributed by atoms with Crippen LogP contribution in [0.2, 0.25) is 10.1 Å². The van der Waals surface area contributed by atoms with E-state index in [1.165, 1.54) is 7.11 Å². The smallest absolute Gasteiger partial charge is 0.332 e. The van der Waals surface area contributed by atoms with Crippen molar-refractivity contribution < 1.29 is 61.1 Å². The van der Waals surface area contributed by atoms with Gasteiger partial charge in [0.05, 0.1) is 54.9 Å². The van der Waals surface area contributed by atoms with Crippen molar-refractivity contribution in [2.24, 2.45) is 17.8 Å². The van der Waals surface area contributed by atoms with Crippen LogP contribution in [0.15, 0.2) is 157 Å². The molecule has 8 bridgehead atoms. The predicted molar refractivity (Wildman–Crippen MR) is 364 cm³/mol. The molecule has 0 saturated carbocycles. The van der Waals surface area contributed by atoms with Crippen LogP contribution in [-0.4, -0.2) is 140 Å². The van der Waals surface area contributed by atoms with E-state index in [1.807, 2.05) is 6.08 Å². The van der Waals surface area contributed by atoms with E-state index >= 15 is 9.59 Å². The first-order chi connectivity index (χ1) is 44.1. The van der Waals surface area contributed by atoms with Gasteiger partial charge in [-0.1, -0.05) is 208 Å². The van der Waals surface area contributed by atoms with Gasteiger partial charge < -0.3 is 46.7 Å². The van der Waals surface area contributed by atoms with E-state index in [0.717, 1.165) is 50.3 Å². The van der Waals surface area contributed by atoms with Crippen molar-refractivity contribution in [3.05, 3.63) is 157 Å². The average molecular weight is 1290 g/mol. The fraction of sp³-hybridized carbons (Fsp3) is 0.571. The molecule has 7 aliphatic rings. The second-order valence-electron chi connectivity index (χ2n) is 29.7. The molecule has 0 N–H and O–H groups in total. The zero-order valence-electron chi connectivity index (χ0n) is 56.4. The summed E-state index contributed by atoms with van der Waals surface area (Å²) in [5.41, 5.74) is 3.03. The molecule has 496 valence electrons. The van der Waals surface area contributed by atoms with E-state index in [-0.39, 0.29) is 80.0 Å². The molecule has 4 aromatic rings. The van der Waals surface area contributed by atoms with E-state index in [1.54, 1.807) is 6.08 Å². The van der Waals surface area contributed by atoms with Crippen LogP contribution >= 0.6 is 0 Å². The number of hydrogen-bond acceptors (Lipinski definition) is 13. The van der Waals surface area contributed by atoms with Crippen molar-refractivity contribution in [2.45, 2.75) is 242 Å². The fourth-order valence-corrected chi connectivity index (χ4v) is 25.9. The summed E-state index contributed by atoms with van der Waals surface area (Å²) >= 11 is 0. The Morgan fingerprint density at radius 3 is 1.73 bits per heavy atom. The molecule has 5 saturated heterocycles. The standard InChI is InChI=1S/C77H102O13Si2/c1-13-49(2)40-66-52(5)62-44-54(79)43-57-37-39-65-71(85-57)75(90-92(77(9,10)11,60-30-22-16-23-31-60)61-32-24-17-25-33-61)74-73(87-65)72(89-91(76(6,7)8,58-26-18-14-19-27-58)59-28-20-15-21-29-59)69(88-74)45-53(78)34-35-55-42-51(4)64(83-55)38-36-56-41-50(3)63(47-82-70(80)48-81-12)68(84-56)46-67(62)86-66/h14-35,49,52,55-57,62,64-69,71-75H,4,13,36-48H2,1-3,5-12H3/b35-34+/t49-,52-,55?,56?,57?,62-,64+,65+,66-,67?,68-,69?,71+,72+,73+,74-,75+/m1/s1. The summed E-state index contributed by atoms with van der Waals surface area (Å²) in [6.45, 7) is 27.0. The lowest BCUT2D eigenvalue weighted by Crippen LogP contribution is -2.73. The molecule has 0 amide bonds. The van der Waals surface area contributed by atoms with Crippen molar-refractivity contribution in [1.82, 2.24) is 0 Å². The summed E-state index contributed by atoms with van der Waals surface area (Å²) < 4.78 is 71.5. The molecule has 0 radical (unpaired) electrons. The average Bonchev–Trinajstić information content (AvgIpc) is 1.56. The molecule has 5 unspecified atom stereocenters. The van der Waals surface area contributed by atoms with E-state index in [9.17, 15) is 4.79 Å². The molecule has 0 aliphatic carbocycles. The number of rotatable bonds is 15. The number of hydrogen-bond donors (Lipinski definition) is 0. The molecule has 5 fully saturated rings. The number of ether oxygens (including phenoxy) is 8. The summed E-state index contributed by atoms with van der Waals surface area (Å²) in [5, 5.41) is 3.58. The predicted octanol–water partition coefficient (Wildman–Crippen LogP) is 11.8. The Kier molecular flexibility index (Phi) is 21.7. The van der Waals surface area contributed by atoms with Crippen molar-refractivity contribution in [2.75, 3.05) is 20.3 Å². The topological polar surface area (TPSA) is 144 Å². The van der Waals surface area contributed by atoms with Gasteiger partial charge in [0.1, 0.15) is 49.5 Å². The molecule has 15 heteroatoms. The maximum absolute atomic E-state index is 15.3. The third-order valence-electron chi connectivity index (χ3n) is 21.4. The maximum atomic E-state index is 15.3. The summed E-state index contributed by atoms with van der Waals surface area (Å²) in [6.07, 6.45) is 3.53. The van der Waals surface area contributed by atoms with Gasteiger partial charge in [-0.3, -0.25) is 9.59 Å². The SMILES string of the molecule is C=C1CC2/C=C/C(=O)CC3O[C@H]4[C@@H](O[Si](c5ccccc5)(c5ccccc5)C(C)(C)C)[C@H]5OC(CC[C@@H]5O[C@H]4[C@H]3O[Si](c3ccccc3)(c3ccccc3)C(C)(C)C)CC(=O)C[C@H]3C(C[C@H]4OC(CC[C@@H]1O2)CC(C)=C4COC(=O)COC)O[C@H](C[C@H](C)CC)[C@@H]3C. The van der Waals surface area contributed by atoms with Crippen LogP contribution in [-0.2, 0) is 61.1 Å². The second kappa shape index (κ2) is 29.1. The zero-order valence-corrected chi connectivity index (χ0v) is 58.4. The minimum absolute atomic E-state index is 0.00914. The number of Topliss-reactive ketones (excluding diaryl/α,β-unsaturated/α-hetero) is 1. The Labute approximate surface area is 549 Å². The molecule has 0 aromatic heterocycles. The fourth-order valence-electron chi connectivity index (χ4n) is 16.5. The molecule has 7 heterocycles. The van der Waals surface area contributed by atoms with Gasteiger partial charge in [-0.25, -0.2) is 4.79 Å². The van der Waals surface area contributed by atoms with E-state index in [4.69, 9.17) is 46.7 Å². The molecule has 7 aliphatic heterocycles. The lowest BCUT2D eigenvalue weighted by molar-refractivity contribution is -0.254. The third kappa shape index (κ3) is 14.4. The second-order valence-corrected chi connectivity index (χ2v) is 38.2. The number of allylic oxidation sites excluding steroid dienone is 1. The normalized spacial score (nSPS) is 32.4. The number of carbonyl (C=O) groups excluding carboxylic acids is 3. The number of benzene rings is 4. The van der Waals surface area contributed by atoms with Gasteiger partial charge in [-0.05, 0) is 111 Å². The van der Waals surface area contributed by atoms with Crippen LogP contribution in [0.5, 0.6) is 0 Å². The Bertz CT molecular complexity index is 3140. The molecular formula is C77H102O13Si2. The van der Waals surface area contributed by atoms with Gasteiger partial charge in [0, 0.05) is 39.2 Å². The van der Waals surface area contributed by atoms with E-state index < -0.39 is 87.6 Å². The number of esters is 1. The van der Waals surface area contributed by atoms with Crippen molar-refractivity contribution >= 4 is 54.9 Å². The highest BCUT2D eigenvalue weighted by molar-refractivity contribution is 7.00. The summed E-state index contributed by atoms with van der Waals surface area (Å²) in [7, 11) is -5.27. The zero-order chi connectivity index (χ0) is 65.1. The highest BCUT2D eigenvalue weighted by Gasteiger charge is 2.65. The van der Waals surface area contributed by atoms with Gasteiger partial charge in [-0.15, -0.1) is 0 Å². The highest BCUT2D eigenvalue weighted by Crippen LogP contribution is 2.50. The van der Waals surface area contributed by atoms with Crippen molar-refractivity contribution in [1.29, 1.82) is 0 Å². The maximum Gasteiger partial charge on any atom is 0.332 e. The molecule has 13 nitrogen and oxygen atoms in total. The molecule has 11 rings (SSSR count). The molecule has 17 atom stereocenters. The highest BCUT2D eigenvalue weighted by atomic mass is 28.4. The summed E-state index contributed by atoms with van der Waals surface area (Å²) in [4.78, 5) is 43.2. The molecular weight excluding hydrogens is 1190 g/mol. The van der Waals surface area contributed by atoms with Crippen LogP contribution in [0.25, 0.3) is 0 Å². The Hall–Kier alpha value is -5.02. The number of methoxy groups -OCH3 is 1. The monoisotopic (exact) mass is 1290 g/mol. The van der Waals surface area contributed by atoms with E-state index in [0.29, 0.717) is 57.3 Å². The van der Waals surface area contributed by atoms with Crippen LogP contribution in [0.3, 0.4) is 0 Å². The third-order valence-corrected chi connectivity index (χ3v) is 31.5. The van der Waals surface area contributed by atoms with Gasteiger partial charge in [0.15, 0.2) is 5.78 Å². The quantitative estimate of drug-likeness (QED) is 0.0633. The number of ketones is 2. The van der Waals surface area contributed by atoms with Crippen molar-refractivity contribution in [3.8, 4) is 0 Å². The lowest BCUT2D eigenvalue weighted by atomic mass is 9.79. The Morgan fingerprint density at radius 2 is 1.16 bits per heavy atom. The minimum atomic E-state index is -3.40. The van der Waals surface area contributed by atoms with Crippen molar-refractivity contribution in [3.63, 3.8) is 0 Å². The van der Waals surface area contributed by atoms with Gasteiger partial charge in [-0.2, -0.15) is 0 Å². The first kappa shape index (κ1) is 68.4. The lowest BCUT2D eigenvalue weighted by Gasteiger charge is -2.53. The van der Waals surface area contributed by atoms with Gasteiger partial charge in [0.25, 0.3) is 16.6 Å². The van der Waals surface area contributed by atoms with E-state index in [2.05, 4.69) is 197 Å². The largest absolute Gasteiger partial charge is 0.459 e. The molecule has 92 heavy (non-hydrogen) atoms.